The summed E-state index contributed by atoms with van der Waals surface area (Å²) in [4.78, 5) is 12.4. The minimum atomic E-state index is -0.0654. The molecule has 0 bridgehead atoms. The van der Waals surface area contributed by atoms with E-state index in [0.29, 0.717) is 17.3 Å². The van der Waals surface area contributed by atoms with Crippen molar-refractivity contribution >= 4 is 29.7 Å². The highest BCUT2D eigenvalue weighted by molar-refractivity contribution is 7.12. The van der Waals surface area contributed by atoms with Crippen molar-refractivity contribution < 1.29 is 9.53 Å². The van der Waals surface area contributed by atoms with Crippen LogP contribution in [0.3, 0.4) is 0 Å². The Balaban J connectivity index is 0.00000144. The quantitative estimate of drug-likeness (QED) is 0.859. The summed E-state index contributed by atoms with van der Waals surface area (Å²) in [5.41, 5.74) is 5.90. The Morgan fingerprint density at radius 2 is 2.41 bits per heavy atom. The van der Waals surface area contributed by atoms with Gasteiger partial charge < -0.3 is 15.8 Å². The number of halogens is 1. The third-order valence-electron chi connectivity index (χ3n) is 2.76. The van der Waals surface area contributed by atoms with Crippen molar-refractivity contribution in [1.29, 1.82) is 0 Å². The van der Waals surface area contributed by atoms with E-state index in [-0.39, 0.29) is 24.4 Å². The second-order valence-corrected chi connectivity index (χ2v) is 4.97. The summed E-state index contributed by atoms with van der Waals surface area (Å²) in [5, 5.41) is 4.66. The van der Waals surface area contributed by atoms with Gasteiger partial charge >= 0.3 is 0 Å². The number of methoxy groups -OCH3 is 1. The van der Waals surface area contributed by atoms with E-state index in [1.54, 1.807) is 13.2 Å². The van der Waals surface area contributed by atoms with Gasteiger partial charge in [-0.05, 0) is 18.8 Å². The second-order valence-electron chi connectivity index (χ2n) is 4.06. The fourth-order valence-corrected chi connectivity index (χ4v) is 2.30. The van der Waals surface area contributed by atoms with Crippen LogP contribution in [0.25, 0.3) is 0 Å². The summed E-state index contributed by atoms with van der Waals surface area (Å²) in [7, 11) is 1.59. The number of carbonyl (C=O) groups excluding carboxylic acids is 1. The molecule has 2 rings (SSSR count). The average Bonchev–Trinajstić information content (AvgIpc) is 3.03. The largest absolute Gasteiger partial charge is 0.496 e. The third-order valence-corrected chi connectivity index (χ3v) is 3.67. The third kappa shape index (κ3) is 3.87. The topological polar surface area (TPSA) is 64.3 Å². The average molecular weight is 277 g/mol. The van der Waals surface area contributed by atoms with Gasteiger partial charge in [-0.15, -0.1) is 23.7 Å². The van der Waals surface area contributed by atoms with E-state index in [1.165, 1.54) is 24.2 Å². The predicted molar refractivity (Wildman–Crippen MR) is 71.2 cm³/mol. The number of nitrogens with two attached hydrogens (primary N) is 1. The van der Waals surface area contributed by atoms with Gasteiger partial charge in [0, 0.05) is 24.0 Å². The molecule has 0 radical (unpaired) electrons. The maximum atomic E-state index is 11.7. The molecule has 1 fully saturated rings. The molecular formula is C11H17ClN2O2S. The summed E-state index contributed by atoms with van der Waals surface area (Å²) in [5.74, 6) is 1.27. The van der Waals surface area contributed by atoms with Crippen molar-refractivity contribution in [1.82, 2.24) is 5.32 Å². The summed E-state index contributed by atoms with van der Waals surface area (Å²) in [6.45, 7) is 0.559. The van der Waals surface area contributed by atoms with Crippen LogP contribution in [0.15, 0.2) is 11.4 Å². The zero-order chi connectivity index (χ0) is 11.5. The van der Waals surface area contributed by atoms with E-state index in [4.69, 9.17) is 10.5 Å². The number of thiophene rings is 1. The predicted octanol–water partition coefficient (Wildman–Crippen LogP) is 1.65. The summed E-state index contributed by atoms with van der Waals surface area (Å²) in [6.07, 6.45) is 2.40. The SMILES string of the molecule is COc1csc(C(=O)NCC(N)C2CC2)c1.Cl. The molecule has 3 N–H and O–H groups in total. The van der Waals surface area contributed by atoms with Crippen LogP contribution in [-0.4, -0.2) is 25.6 Å². The monoisotopic (exact) mass is 276 g/mol. The Kier molecular flexibility index (Phi) is 5.24. The van der Waals surface area contributed by atoms with Crippen LogP contribution >= 0.6 is 23.7 Å². The van der Waals surface area contributed by atoms with Gasteiger partial charge in [0.2, 0.25) is 0 Å². The molecule has 1 unspecified atom stereocenters. The van der Waals surface area contributed by atoms with E-state index < -0.39 is 0 Å². The van der Waals surface area contributed by atoms with Crippen LogP contribution in [-0.2, 0) is 0 Å². The van der Waals surface area contributed by atoms with E-state index >= 15 is 0 Å². The van der Waals surface area contributed by atoms with Crippen molar-refractivity contribution in [3.63, 3.8) is 0 Å². The number of hydrogen-bond donors (Lipinski definition) is 2. The number of ether oxygens (including phenoxy) is 1. The molecule has 1 atom stereocenters. The molecule has 1 saturated carbocycles. The lowest BCUT2D eigenvalue weighted by molar-refractivity contribution is 0.0954. The van der Waals surface area contributed by atoms with E-state index in [9.17, 15) is 4.79 Å². The van der Waals surface area contributed by atoms with Gasteiger partial charge in [-0.1, -0.05) is 0 Å². The lowest BCUT2D eigenvalue weighted by Crippen LogP contribution is -2.38. The van der Waals surface area contributed by atoms with Gasteiger partial charge in [-0.2, -0.15) is 0 Å². The van der Waals surface area contributed by atoms with Gasteiger partial charge in [-0.3, -0.25) is 4.79 Å². The molecular weight excluding hydrogens is 260 g/mol. The number of hydrogen-bond acceptors (Lipinski definition) is 4. The Bertz CT molecular complexity index is 379. The number of rotatable bonds is 5. The zero-order valence-corrected chi connectivity index (χ0v) is 11.3. The highest BCUT2D eigenvalue weighted by atomic mass is 35.5. The normalized spacial score (nSPS) is 15.9. The van der Waals surface area contributed by atoms with E-state index in [1.807, 2.05) is 5.38 Å². The number of nitrogens with one attached hydrogen (secondary N) is 1. The van der Waals surface area contributed by atoms with Crippen LogP contribution in [0.2, 0.25) is 0 Å². The van der Waals surface area contributed by atoms with Crippen molar-refractivity contribution in [2.24, 2.45) is 11.7 Å². The van der Waals surface area contributed by atoms with Crippen LogP contribution < -0.4 is 15.8 Å². The lowest BCUT2D eigenvalue weighted by atomic mass is 10.2. The first-order valence-electron chi connectivity index (χ1n) is 5.37. The molecule has 0 spiro atoms. The first kappa shape index (κ1) is 14.3. The maximum absolute atomic E-state index is 11.7. The molecule has 17 heavy (non-hydrogen) atoms. The van der Waals surface area contributed by atoms with E-state index in [0.717, 1.165) is 5.75 Å². The molecule has 0 aliphatic heterocycles. The van der Waals surface area contributed by atoms with Crippen molar-refractivity contribution in [2.45, 2.75) is 18.9 Å². The van der Waals surface area contributed by atoms with Gasteiger partial charge in [0.25, 0.3) is 5.91 Å². The summed E-state index contributed by atoms with van der Waals surface area (Å²) >= 11 is 1.38. The summed E-state index contributed by atoms with van der Waals surface area (Å²) in [6, 6.07) is 1.84. The zero-order valence-electron chi connectivity index (χ0n) is 9.64. The molecule has 96 valence electrons. The minimum Gasteiger partial charge on any atom is -0.496 e. The molecule has 1 aliphatic rings. The Labute approximate surface area is 111 Å². The molecule has 6 heteroatoms. The molecule has 4 nitrogen and oxygen atoms in total. The standard InChI is InChI=1S/C11H16N2O2S.ClH/c1-15-8-4-10(16-6-8)11(14)13-5-9(12)7-2-3-7;/h4,6-7,9H,2-3,5,12H2,1H3,(H,13,14);1H. The highest BCUT2D eigenvalue weighted by Gasteiger charge is 2.28. The van der Waals surface area contributed by atoms with Gasteiger partial charge in [0.05, 0.1) is 12.0 Å². The van der Waals surface area contributed by atoms with Crippen molar-refractivity contribution in [3.8, 4) is 5.75 Å². The van der Waals surface area contributed by atoms with Crippen LogP contribution in [0, 0.1) is 5.92 Å². The molecule has 1 aromatic heterocycles. The maximum Gasteiger partial charge on any atom is 0.261 e. The number of carbonyl (C=O) groups is 1. The fourth-order valence-electron chi connectivity index (χ4n) is 1.53. The van der Waals surface area contributed by atoms with Crippen molar-refractivity contribution in [2.75, 3.05) is 13.7 Å². The molecule has 0 aromatic carbocycles. The van der Waals surface area contributed by atoms with Crippen LogP contribution in [0.4, 0.5) is 0 Å². The lowest BCUT2D eigenvalue weighted by Gasteiger charge is -2.10. The highest BCUT2D eigenvalue weighted by Crippen LogP contribution is 2.31. The second kappa shape index (κ2) is 6.23. The van der Waals surface area contributed by atoms with Crippen molar-refractivity contribution in [3.05, 3.63) is 16.3 Å². The first-order chi connectivity index (χ1) is 7.70. The minimum absolute atomic E-state index is 0. The number of amides is 1. The molecule has 1 amide bonds. The first-order valence-corrected chi connectivity index (χ1v) is 6.25. The molecule has 1 aromatic rings. The van der Waals surface area contributed by atoms with E-state index in [2.05, 4.69) is 5.32 Å². The Hall–Kier alpha value is -0.780. The van der Waals surface area contributed by atoms with Crippen LogP contribution in [0.1, 0.15) is 22.5 Å². The fraction of sp³-hybridized carbons (Fsp3) is 0.545. The van der Waals surface area contributed by atoms with Gasteiger partial charge in [0.1, 0.15) is 5.75 Å². The molecule has 1 heterocycles. The Morgan fingerprint density at radius 3 is 2.94 bits per heavy atom. The van der Waals surface area contributed by atoms with Crippen LogP contribution in [0.5, 0.6) is 5.75 Å². The van der Waals surface area contributed by atoms with Gasteiger partial charge in [-0.25, -0.2) is 0 Å². The molecule has 1 aliphatic carbocycles. The van der Waals surface area contributed by atoms with Gasteiger partial charge in [0.15, 0.2) is 0 Å². The Morgan fingerprint density at radius 1 is 1.71 bits per heavy atom. The molecule has 0 saturated heterocycles. The smallest absolute Gasteiger partial charge is 0.261 e. The summed E-state index contributed by atoms with van der Waals surface area (Å²) < 4.78 is 5.02.